The molecule has 0 radical (unpaired) electrons. The lowest BCUT2D eigenvalue weighted by Crippen LogP contribution is -2.19. The molecule has 1 unspecified atom stereocenters. The average molecular weight is 188 g/mol. The highest BCUT2D eigenvalue weighted by Crippen LogP contribution is 2.33. The molecular weight excluding hydrogens is 176 g/mol. The Labute approximate surface area is 83.2 Å². The van der Waals surface area contributed by atoms with E-state index < -0.39 is 0 Å². The molecule has 2 heteroatoms. The van der Waals surface area contributed by atoms with E-state index in [1.807, 2.05) is 24.3 Å². The van der Waals surface area contributed by atoms with Gasteiger partial charge in [-0.2, -0.15) is 0 Å². The monoisotopic (exact) mass is 188 g/mol. The molecule has 1 aromatic carbocycles. The highest BCUT2D eigenvalue weighted by Gasteiger charge is 2.25. The van der Waals surface area contributed by atoms with Crippen LogP contribution in [0.4, 0.5) is 0 Å². The fraction of sp³-hybridized carbons (Fsp3) is 0.250. The van der Waals surface area contributed by atoms with Gasteiger partial charge in [-0.25, -0.2) is 0 Å². The van der Waals surface area contributed by atoms with Gasteiger partial charge < -0.3 is 4.74 Å². The van der Waals surface area contributed by atoms with Crippen molar-refractivity contribution in [2.45, 2.75) is 12.3 Å². The van der Waals surface area contributed by atoms with E-state index in [1.54, 1.807) is 0 Å². The van der Waals surface area contributed by atoms with Gasteiger partial charge in [0.25, 0.3) is 0 Å². The lowest BCUT2D eigenvalue weighted by Gasteiger charge is -2.23. The van der Waals surface area contributed by atoms with Crippen molar-refractivity contribution >= 4 is 5.78 Å². The van der Waals surface area contributed by atoms with E-state index in [0.717, 1.165) is 17.7 Å². The fourth-order valence-electron chi connectivity index (χ4n) is 1.78. The number of ether oxygens (including phenoxy) is 1. The van der Waals surface area contributed by atoms with E-state index in [9.17, 15) is 4.79 Å². The van der Waals surface area contributed by atoms with Crippen LogP contribution in [0.25, 0.3) is 0 Å². The van der Waals surface area contributed by atoms with Gasteiger partial charge in [-0.15, -0.1) is 0 Å². The molecule has 14 heavy (non-hydrogen) atoms. The van der Waals surface area contributed by atoms with Crippen LogP contribution in [-0.2, 0) is 4.79 Å². The van der Waals surface area contributed by atoms with Crippen LogP contribution in [0.2, 0.25) is 0 Å². The van der Waals surface area contributed by atoms with Gasteiger partial charge in [0.05, 0.1) is 12.5 Å². The van der Waals surface area contributed by atoms with Gasteiger partial charge in [-0.1, -0.05) is 24.8 Å². The largest absolute Gasteiger partial charge is 0.493 e. The Bertz CT molecular complexity index is 368. The highest BCUT2D eigenvalue weighted by atomic mass is 16.5. The lowest BCUT2D eigenvalue weighted by atomic mass is 9.89. The molecule has 0 N–H and O–H groups in total. The van der Waals surface area contributed by atoms with Crippen molar-refractivity contribution in [3.8, 4) is 5.75 Å². The molecule has 1 aliphatic heterocycles. The van der Waals surface area contributed by atoms with Gasteiger partial charge in [-0.3, -0.25) is 4.79 Å². The van der Waals surface area contributed by atoms with Crippen LogP contribution in [0.1, 0.15) is 17.9 Å². The number of benzene rings is 1. The molecule has 0 amide bonds. The van der Waals surface area contributed by atoms with Crippen LogP contribution in [0.5, 0.6) is 5.75 Å². The smallest absolute Gasteiger partial charge is 0.162 e. The number of allylic oxidation sites excluding steroid dienone is 1. The Morgan fingerprint density at radius 1 is 1.50 bits per heavy atom. The van der Waals surface area contributed by atoms with Crippen LogP contribution >= 0.6 is 0 Å². The van der Waals surface area contributed by atoms with E-state index >= 15 is 0 Å². The molecule has 0 spiro atoms. The highest BCUT2D eigenvalue weighted by molar-refractivity contribution is 5.95. The number of carbonyl (C=O) groups excluding carboxylic acids is 1. The maximum absolute atomic E-state index is 11.6. The molecule has 1 heterocycles. The molecular formula is C12H12O2. The topological polar surface area (TPSA) is 26.3 Å². The van der Waals surface area contributed by atoms with Crippen LogP contribution < -0.4 is 4.74 Å². The Hall–Kier alpha value is -1.57. The molecule has 1 atom stereocenters. The third-order valence-electron chi connectivity index (χ3n) is 2.50. The van der Waals surface area contributed by atoms with Gasteiger partial charge in [0, 0.05) is 5.56 Å². The zero-order valence-corrected chi connectivity index (χ0v) is 7.90. The Morgan fingerprint density at radius 2 is 2.29 bits per heavy atom. The quantitative estimate of drug-likeness (QED) is 0.666. The summed E-state index contributed by atoms with van der Waals surface area (Å²) in [5, 5.41) is 0. The number of fused-ring (bicyclic) bond motifs is 1. The van der Waals surface area contributed by atoms with Crippen LogP contribution in [0, 0.1) is 0 Å². The summed E-state index contributed by atoms with van der Waals surface area (Å²) in [7, 11) is 0. The van der Waals surface area contributed by atoms with Crippen molar-refractivity contribution in [1.82, 2.24) is 0 Å². The van der Waals surface area contributed by atoms with Crippen LogP contribution in [0.3, 0.4) is 0 Å². The van der Waals surface area contributed by atoms with Crippen molar-refractivity contribution in [2.75, 3.05) is 6.61 Å². The van der Waals surface area contributed by atoms with E-state index in [2.05, 4.69) is 6.58 Å². The van der Waals surface area contributed by atoms with Crippen molar-refractivity contribution in [3.63, 3.8) is 0 Å². The fourth-order valence-corrected chi connectivity index (χ4v) is 1.78. The molecule has 1 aromatic rings. The second-order valence-electron chi connectivity index (χ2n) is 3.33. The maximum atomic E-state index is 11.6. The van der Waals surface area contributed by atoms with E-state index in [-0.39, 0.29) is 11.7 Å². The van der Waals surface area contributed by atoms with Crippen LogP contribution in [-0.4, -0.2) is 12.4 Å². The van der Waals surface area contributed by atoms with E-state index in [0.29, 0.717) is 6.61 Å². The summed E-state index contributed by atoms with van der Waals surface area (Å²) in [5.74, 6) is 0.858. The lowest BCUT2D eigenvalue weighted by molar-refractivity contribution is -0.116. The predicted molar refractivity (Wildman–Crippen MR) is 54.5 cm³/mol. The molecule has 0 aliphatic carbocycles. The molecule has 0 saturated heterocycles. The summed E-state index contributed by atoms with van der Waals surface area (Å²) >= 11 is 0. The molecule has 2 nitrogen and oxygen atoms in total. The minimum absolute atomic E-state index is 0.0579. The molecule has 2 rings (SSSR count). The van der Waals surface area contributed by atoms with Crippen molar-refractivity contribution in [3.05, 3.63) is 42.5 Å². The molecule has 0 fully saturated rings. The standard InChI is InChI=1S/C12H12O2/c1-2-11(13)9-7-8-14-12-6-4-3-5-10(9)12/h2-6,9H,1,7-8H2. The summed E-state index contributed by atoms with van der Waals surface area (Å²) in [6, 6.07) is 7.69. The Balaban J connectivity index is 2.40. The molecule has 1 aliphatic rings. The SMILES string of the molecule is C=CC(=O)C1CCOc2ccccc21. The third kappa shape index (κ3) is 1.43. The van der Waals surface area contributed by atoms with E-state index in [4.69, 9.17) is 4.74 Å². The first-order chi connectivity index (χ1) is 6.83. The number of ketones is 1. The van der Waals surface area contributed by atoms with Gasteiger partial charge in [0.1, 0.15) is 5.75 Å². The van der Waals surface area contributed by atoms with Gasteiger partial charge >= 0.3 is 0 Å². The second kappa shape index (κ2) is 3.66. The minimum Gasteiger partial charge on any atom is -0.493 e. The molecule has 0 saturated carbocycles. The van der Waals surface area contributed by atoms with Crippen molar-refractivity contribution in [1.29, 1.82) is 0 Å². The summed E-state index contributed by atoms with van der Waals surface area (Å²) in [5.41, 5.74) is 0.989. The number of hydrogen-bond donors (Lipinski definition) is 0. The van der Waals surface area contributed by atoms with Crippen molar-refractivity contribution in [2.24, 2.45) is 0 Å². The zero-order valence-electron chi connectivity index (χ0n) is 7.90. The maximum Gasteiger partial charge on any atom is 0.162 e. The predicted octanol–water partition coefficient (Wildman–Crippen LogP) is 2.31. The number of para-hydroxylation sites is 1. The average Bonchev–Trinajstić information content (AvgIpc) is 2.27. The molecule has 0 bridgehead atoms. The summed E-state index contributed by atoms with van der Waals surface area (Å²) < 4.78 is 5.46. The first-order valence-corrected chi connectivity index (χ1v) is 4.71. The van der Waals surface area contributed by atoms with Crippen LogP contribution in [0.15, 0.2) is 36.9 Å². The van der Waals surface area contributed by atoms with Crippen molar-refractivity contribution < 1.29 is 9.53 Å². The first kappa shape index (κ1) is 9.00. The van der Waals surface area contributed by atoms with Gasteiger partial charge in [-0.05, 0) is 18.6 Å². The summed E-state index contributed by atoms with van der Waals surface area (Å²) in [6.45, 7) is 4.13. The number of rotatable bonds is 2. The third-order valence-corrected chi connectivity index (χ3v) is 2.50. The Kier molecular flexibility index (Phi) is 2.35. The first-order valence-electron chi connectivity index (χ1n) is 4.71. The Morgan fingerprint density at radius 3 is 3.07 bits per heavy atom. The molecule has 0 aromatic heterocycles. The second-order valence-corrected chi connectivity index (χ2v) is 3.33. The number of carbonyl (C=O) groups is 1. The summed E-state index contributed by atoms with van der Waals surface area (Å²) in [6.07, 6.45) is 2.15. The van der Waals surface area contributed by atoms with Gasteiger partial charge in [0.2, 0.25) is 0 Å². The van der Waals surface area contributed by atoms with Gasteiger partial charge in [0.15, 0.2) is 5.78 Å². The normalized spacial score (nSPS) is 19.3. The zero-order chi connectivity index (χ0) is 9.97. The minimum atomic E-state index is -0.0579. The van der Waals surface area contributed by atoms with E-state index in [1.165, 1.54) is 6.08 Å². The summed E-state index contributed by atoms with van der Waals surface area (Å²) in [4.78, 5) is 11.6. The number of hydrogen-bond acceptors (Lipinski definition) is 2. The molecule has 72 valence electrons.